The summed E-state index contributed by atoms with van der Waals surface area (Å²) in [4.78, 5) is 21.7. The van der Waals surface area contributed by atoms with Crippen LogP contribution < -0.4 is 16.2 Å². The molecule has 21 heavy (non-hydrogen) atoms. The number of aryl methyl sites for hydroxylation is 1. The van der Waals surface area contributed by atoms with Gasteiger partial charge in [-0.05, 0) is 37.8 Å². The van der Waals surface area contributed by atoms with Crippen LogP contribution >= 0.6 is 0 Å². The molecule has 1 amide bonds. The van der Waals surface area contributed by atoms with Crippen molar-refractivity contribution in [2.75, 3.05) is 0 Å². The van der Waals surface area contributed by atoms with E-state index >= 15 is 0 Å². The monoisotopic (exact) mass is 293 g/mol. The Kier molecular flexibility index (Phi) is 4.13. The van der Waals surface area contributed by atoms with Crippen molar-refractivity contribution in [3.8, 4) is 5.75 Å². The number of primary amides is 1. The molecule has 7 nitrogen and oxygen atoms in total. The number of carbonyl (C=O) groups excluding carboxylic acids is 1. The molecule has 0 heterocycles. The van der Waals surface area contributed by atoms with Crippen molar-refractivity contribution in [2.45, 2.75) is 44.2 Å². The molecule has 0 aliphatic heterocycles. The zero-order chi connectivity index (χ0) is 15.6. The Morgan fingerprint density at radius 1 is 1.52 bits per heavy atom. The number of non-ortho nitro benzene ring substituents is 1. The first-order valence-electron chi connectivity index (χ1n) is 6.82. The van der Waals surface area contributed by atoms with E-state index in [0.717, 1.165) is 12.8 Å². The number of rotatable bonds is 4. The van der Waals surface area contributed by atoms with Gasteiger partial charge in [0.1, 0.15) is 11.9 Å². The van der Waals surface area contributed by atoms with Gasteiger partial charge in [0.05, 0.1) is 10.5 Å². The second kappa shape index (κ2) is 5.69. The molecule has 1 aromatic carbocycles. The van der Waals surface area contributed by atoms with Crippen LogP contribution in [0.3, 0.4) is 0 Å². The van der Waals surface area contributed by atoms with Crippen LogP contribution in [0.2, 0.25) is 0 Å². The second-order valence-electron chi connectivity index (χ2n) is 5.56. The smallest absolute Gasteiger partial charge is 0.269 e. The van der Waals surface area contributed by atoms with Gasteiger partial charge < -0.3 is 16.2 Å². The van der Waals surface area contributed by atoms with Gasteiger partial charge in [0.25, 0.3) is 5.69 Å². The fraction of sp³-hybridized carbons (Fsp3) is 0.500. The van der Waals surface area contributed by atoms with Crippen LogP contribution in [0.25, 0.3) is 0 Å². The molecule has 1 saturated carbocycles. The number of nitrogens with zero attached hydrogens (tertiary/aromatic N) is 1. The molecular formula is C14H19N3O4. The van der Waals surface area contributed by atoms with E-state index in [1.54, 1.807) is 13.0 Å². The van der Waals surface area contributed by atoms with Gasteiger partial charge in [-0.25, -0.2) is 0 Å². The number of carbonyl (C=O) groups is 1. The summed E-state index contributed by atoms with van der Waals surface area (Å²) in [6, 6.07) is 4.43. The standard InChI is InChI=1S/C14H19N3O4/c1-9-7-10(17(19)20)4-5-12(9)21-11-3-2-6-14(16,8-11)13(15)18/h4-5,7,11H,2-3,6,8,16H2,1H3,(H2,15,18). The Morgan fingerprint density at radius 2 is 2.24 bits per heavy atom. The molecule has 2 unspecified atom stereocenters. The molecule has 4 N–H and O–H groups in total. The summed E-state index contributed by atoms with van der Waals surface area (Å²) in [7, 11) is 0. The Balaban J connectivity index is 2.11. The highest BCUT2D eigenvalue weighted by Crippen LogP contribution is 2.31. The van der Waals surface area contributed by atoms with Crippen LogP contribution in [-0.4, -0.2) is 22.5 Å². The zero-order valence-corrected chi connectivity index (χ0v) is 11.9. The molecule has 0 aromatic heterocycles. The minimum atomic E-state index is -1.03. The van der Waals surface area contributed by atoms with Crippen LogP contribution in [0.5, 0.6) is 5.75 Å². The first kappa shape index (κ1) is 15.2. The lowest BCUT2D eigenvalue weighted by Crippen LogP contribution is -2.56. The average molecular weight is 293 g/mol. The molecule has 114 valence electrons. The van der Waals surface area contributed by atoms with Gasteiger partial charge in [-0.3, -0.25) is 14.9 Å². The minimum absolute atomic E-state index is 0.0220. The Hall–Kier alpha value is -2.15. The van der Waals surface area contributed by atoms with E-state index in [1.165, 1.54) is 12.1 Å². The first-order valence-corrected chi connectivity index (χ1v) is 6.82. The van der Waals surface area contributed by atoms with Crippen molar-refractivity contribution < 1.29 is 14.5 Å². The highest BCUT2D eigenvalue weighted by molar-refractivity contribution is 5.84. The largest absolute Gasteiger partial charge is 0.490 e. The summed E-state index contributed by atoms with van der Waals surface area (Å²) >= 11 is 0. The molecule has 0 bridgehead atoms. The topological polar surface area (TPSA) is 121 Å². The van der Waals surface area contributed by atoms with Crippen LogP contribution in [-0.2, 0) is 4.79 Å². The van der Waals surface area contributed by atoms with E-state index in [1.807, 2.05) is 0 Å². The number of benzene rings is 1. The van der Waals surface area contributed by atoms with Gasteiger partial charge in [0, 0.05) is 18.6 Å². The Morgan fingerprint density at radius 3 is 2.81 bits per heavy atom. The number of hydrogen-bond donors (Lipinski definition) is 2. The summed E-state index contributed by atoms with van der Waals surface area (Å²) in [5.74, 6) is 0.0514. The van der Waals surface area contributed by atoms with E-state index in [2.05, 4.69) is 0 Å². The first-order chi connectivity index (χ1) is 9.82. The lowest BCUT2D eigenvalue weighted by atomic mass is 9.80. The molecule has 1 aliphatic rings. The number of nitrogens with two attached hydrogens (primary N) is 2. The average Bonchev–Trinajstić information content (AvgIpc) is 2.41. The lowest BCUT2D eigenvalue weighted by Gasteiger charge is -2.35. The maximum absolute atomic E-state index is 11.4. The SMILES string of the molecule is Cc1cc([N+](=O)[O-])ccc1OC1CCCC(N)(C(N)=O)C1. The number of nitro groups is 1. The van der Waals surface area contributed by atoms with Crippen molar-refractivity contribution in [3.05, 3.63) is 33.9 Å². The molecule has 2 atom stereocenters. The molecule has 1 fully saturated rings. The summed E-state index contributed by atoms with van der Waals surface area (Å²) in [6.45, 7) is 1.74. The fourth-order valence-electron chi connectivity index (χ4n) is 2.64. The summed E-state index contributed by atoms with van der Waals surface area (Å²) < 4.78 is 5.86. The maximum Gasteiger partial charge on any atom is 0.269 e. The predicted molar refractivity (Wildman–Crippen MR) is 76.8 cm³/mol. The lowest BCUT2D eigenvalue weighted by molar-refractivity contribution is -0.384. The minimum Gasteiger partial charge on any atom is -0.490 e. The highest BCUT2D eigenvalue weighted by Gasteiger charge is 2.38. The zero-order valence-electron chi connectivity index (χ0n) is 11.9. The molecule has 7 heteroatoms. The number of hydrogen-bond acceptors (Lipinski definition) is 5. The van der Waals surface area contributed by atoms with Crippen LogP contribution in [0.4, 0.5) is 5.69 Å². The molecule has 1 aromatic rings. The van der Waals surface area contributed by atoms with Crippen LogP contribution in [0.15, 0.2) is 18.2 Å². The molecule has 0 spiro atoms. The maximum atomic E-state index is 11.4. The number of amides is 1. The Bertz CT molecular complexity index is 575. The van der Waals surface area contributed by atoms with Crippen molar-refractivity contribution >= 4 is 11.6 Å². The van der Waals surface area contributed by atoms with Crippen LogP contribution in [0.1, 0.15) is 31.2 Å². The Labute approximate surface area is 122 Å². The van der Waals surface area contributed by atoms with Crippen LogP contribution in [0, 0.1) is 17.0 Å². The second-order valence-corrected chi connectivity index (χ2v) is 5.56. The third kappa shape index (κ3) is 3.30. The van der Waals surface area contributed by atoms with Gasteiger partial charge in [-0.15, -0.1) is 0 Å². The van der Waals surface area contributed by atoms with E-state index in [4.69, 9.17) is 16.2 Å². The summed E-state index contributed by atoms with van der Waals surface area (Å²) in [6.07, 6.45) is 2.25. The third-order valence-electron chi connectivity index (χ3n) is 3.89. The summed E-state index contributed by atoms with van der Waals surface area (Å²) in [5.41, 5.74) is 11.0. The number of nitro benzene ring substituents is 1. The molecular weight excluding hydrogens is 274 g/mol. The van der Waals surface area contributed by atoms with Gasteiger partial charge in [-0.2, -0.15) is 0 Å². The highest BCUT2D eigenvalue weighted by atomic mass is 16.6. The van der Waals surface area contributed by atoms with Crippen molar-refractivity contribution in [3.63, 3.8) is 0 Å². The molecule has 2 rings (SSSR count). The molecule has 0 saturated heterocycles. The molecule has 0 radical (unpaired) electrons. The van der Waals surface area contributed by atoms with Gasteiger partial charge in [-0.1, -0.05) is 0 Å². The quantitative estimate of drug-likeness (QED) is 0.642. The van der Waals surface area contributed by atoms with Crippen molar-refractivity contribution in [2.24, 2.45) is 11.5 Å². The predicted octanol–water partition coefficient (Wildman–Crippen LogP) is 1.41. The van der Waals surface area contributed by atoms with Gasteiger partial charge in [0.2, 0.25) is 5.91 Å². The normalized spacial score (nSPS) is 25.3. The van der Waals surface area contributed by atoms with E-state index < -0.39 is 16.4 Å². The number of ether oxygens (including phenoxy) is 1. The fourth-order valence-corrected chi connectivity index (χ4v) is 2.64. The third-order valence-corrected chi connectivity index (χ3v) is 3.89. The van der Waals surface area contributed by atoms with E-state index in [0.29, 0.717) is 24.2 Å². The van der Waals surface area contributed by atoms with Crippen molar-refractivity contribution in [1.29, 1.82) is 0 Å². The van der Waals surface area contributed by atoms with E-state index in [-0.39, 0.29) is 11.8 Å². The van der Waals surface area contributed by atoms with E-state index in [9.17, 15) is 14.9 Å². The van der Waals surface area contributed by atoms with Gasteiger partial charge >= 0.3 is 0 Å². The summed E-state index contributed by atoms with van der Waals surface area (Å²) in [5, 5.41) is 10.7. The molecule has 1 aliphatic carbocycles. The van der Waals surface area contributed by atoms with Gasteiger partial charge in [0.15, 0.2) is 0 Å². The van der Waals surface area contributed by atoms with Crippen molar-refractivity contribution in [1.82, 2.24) is 0 Å².